The van der Waals surface area contributed by atoms with Crippen LogP contribution in [0.4, 0.5) is 15.8 Å². The Morgan fingerprint density at radius 1 is 1.21 bits per heavy atom. The minimum atomic E-state index is -0.298. The molecule has 24 heavy (non-hydrogen) atoms. The minimum Gasteiger partial charge on any atom is -0.497 e. The van der Waals surface area contributed by atoms with Gasteiger partial charge in [0.05, 0.1) is 23.9 Å². The van der Waals surface area contributed by atoms with Crippen LogP contribution in [0.2, 0.25) is 0 Å². The van der Waals surface area contributed by atoms with Gasteiger partial charge < -0.3 is 10.1 Å². The van der Waals surface area contributed by atoms with Crippen molar-refractivity contribution >= 4 is 34.7 Å². The third kappa shape index (κ3) is 3.24. The fraction of sp³-hybridized carbons (Fsp3) is 0.111. The number of anilines is 2. The van der Waals surface area contributed by atoms with Crippen molar-refractivity contribution in [3.8, 4) is 11.8 Å². The van der Waals surface area contributed by atoms with E-state index in [2.05, 4.69) is 16.4 Å². The molecule has 0 saturated carbocycles. The van der Waals surface area contributed by atoms with Crippen molar-refractivity contribution in [3.05, 3.63) is 59.5 Å². The van der Waals surface area contributed by atoms with E-state index in [0.717, 1.165) is 5.39 Å². The summed E-state index contributed by atoms with van der Waals surface area (Å²) in [7, 11) is 1.58. The Kier molecular flexibility index (Phi) is 5.22. The molecule has 1 heterocycles. The molecule has 2 aromatic carbocycles. The molecule has 0 aliphatic heterocycles. The van der Waals surface area contributed by atoms with Crippen LogP contribution < -0.4 is 10.1 Å². The summed E-state index contributed by atoms with van der Waals surface area (Å²) in [5, 5.41) is 13.2. The summed E-state index contributed by atoms with van der Waals surface area (Å²) in [4.78, 5) is 4.28. The molecule has 0 aliphatic carbocycles. The van der Waals surface area contributed by atoms with Gasteiger partial charge in [-0.1, -0.05) is 6.07 Å². The fourth-order valence-electron chi connectivity index (χ4n) is 2.33. The summed E-state index contributed by atoms with van der Waals surface area (Å²) in [6, 6.07) is 12.4. The van der Waals surface area contributed by atoms with E-state index in [-0.39, 0.29) is 18.2 Å². The highest BCUT2D eigenvalue weighted by Crippen LogP contribution is 2.31. The Morgan fingerprint density at radius 2 is 2.00 bits per heavy atom. The van der Waals surface area contributed by atoms with Crippen molar-refractivity contribution < 1.29 is 9.13 Å². The van der Waals surface area contributed by atoms with Crippen LogP contribution >= 0.6 is 12.4 Å². The van der Waals surface area contributed by atoms with E-state index in [0.29, 0.717) is 33.8 Å². The number of methoxy groups -OCH3 is 1. The number of benzene rings is 2. The molecule has 0 amide bonds. The number of pyridine rings is 1. The zero-order valence-corrected chi connectivity index (χ0v) is 13.9. The third-order valence-electron chi connectivity index (χ3n) is 3.64. The molecule has 0 bridgehead atoms. The number of rotatable bonds is 3. The van der Waals surface area contributed by atoms with Gasteiger partial charge in [-0.2, -0.15) is 5.26 Å². The number of nitrogens with zero attached hydrogens (tertiary/aromatic N) is 2. The lowest BCUT2D eigenvalue weighted by Crippen LogP contribution is -1.98. The molecular formula is C18H15ClFN3O. The van der Waals surface area contributed by atoms with Gasteiger partial charge in [0.2, 0.25) is 0 Å². The van der Waals surface area contributed by atoms with Crippen LogP contribution in [0.15, 0.2) is 42.6 Å². The maximum atomic E-state index is 13.7. The number of nitrogens with one attached hydrogen (secondary N) is 1. The number of fused-ring (bicyclic) bond motifs is 1. The van der Waals surface area contributed by atoms with Crippen molar-refractivity contribution in [2.45, 2.75) is 6.92 Å². The van der Waals surface area contributed by atoms with E-state index in [1.165, 1.54) is 12.3 Å². The third-order valence-corrected chi connectivity index (χ3v) is 3.64. The second-order valence-corrected chi connectivity index (χ2v) is 5.13. The zero-order chi connectivity index (χ0) is 16.4. The van der Waals surface area contributed by atoms with Crippen molar-refractivity contribution in [2.75, 3.05) is 12.4 Å². The maximum absolute atomic E-state index is 13.7. The average molecular weight is 344 g/mol. The lowest BCUT2D eigenvalue weighted by molar-refractivity contribution is 0.415. The van der Waals surface area contributed by atoms with E-state index in [1.54, 1.807) is 38.3 Å². The predicted octanol–water partition coefficient (Wildman–Crippen LogP) is 4.73. The van der Waals surface area contributed by atoms with Crippen LogP contribution in [0.25, 0.3) is 10.9 Å². The topological polar surface area (TPSA) is 57.9 Å². The van der Waals surface area contributed by atoms with E-state index >= 15 is 0 Å². The molecule has 4 nitrogen and oxygen atoms in total. The predicted molar refractivity (Wildman–Crippen MR) is 94.7 cm³/mol. The molecule has 0 unspecified atom stereocenters. The summed E-state index contributed by atoms with van der Waals surface area (Å²) in [6.07, 6.45) is 1.49. The molecular weight excluding hydrogens is 329 g/mol. The highest BCUT2D eigenvalue weighted by molar-refractivity contribution is 5.96. The van der Waals surface area contributed by atoms with Gasteiger partial charge in [-0.25, -0.2) is 4.39 Å². The first-order valence-electron chi connectivity index (χ1n) is 7.02. The van der Waals surface area contributed by atoms with Gasteiger partial charge in [0.15, 0.2) is 0 Å². The first kappa shape index (κ1) is 17.5. The van der Waals surface area contributed by atoms with Gasteiger partial charge in [0.25, 0.3) is 0 Å². The summed E-state index contributed by atoms with van der Waals surface area (Å²) in [5.41, 5.74) is 2.83. The van der Waals surface area contributed by atoms with E-state index in [4.69, 9.17) is 4.74 Å². The van der Waals surface area contributed by atoms with Crippen LogP contribution in [0.5, 0.6) is 5.75 Å². The molecule has 0 atom stereocenters. The number of halogens is 2. The summed E-state index contributed by atoms with van der Waals surface area (Å²) in [5.74, 6) is 0.385. The van der Waals surface area contributed by atoms with Gasteiger partial charge in [-0.15, -0.1) is 12.4 Å². The average Bonchev–Trinajstić information content (AvgIpc) is 2.58. The number of hydrogen-bond acceptors (Lipinski definition) is 4. The monoisotopic (exact) mass is 343 g/mol. The molecule has 1 aromatic heterocycles. The zero-order valence-electron chi connectivity index (χ0n) is 13.1. The van der Waals surface area contributed by atoms with E-state index in [9.17, 15) is 9.65 Å². The molecule has 0 radical (unpaired) electrons. The van der Waals surface area contributed by atoms with Gasteiger partial charge in [-0.05, 0) is 36.8 Å². The molecule has 3 rings (SSSR count). The van der Waals surface area contributed by atoms with Crippen molar-refractivity contribution in [1.29, 1.82) is 5.26 Å². The van der Waals surface area contributed by atoms with Gasteiger partial charge in [0.1, 0.15) is 17.6 Å². The number of aryl methyl sites for hydroxylation is 1. The van der Waals surface area contributed by atoms with Gasteiger partial charge in [0, 0.05) is 23.3 Å². The standard InChI is InChI=1S/C18H14FN3O.ClH/c1-11-3-4-13(7-16(11)19)22-18-12(9-20)10-21-17-8-14(23-2)5-6-15(17)18;/h3-8,10H,1-2H3,(H,21,22);1H. The van der Waals surface area contributed by atoms with Gasteiger partial charge in [-0.3, -0.25) is 4.98 Å². The SMILES string of the molecule is COc1ccc2c(Nc3ccc(C)c(F)c3)c(C#N)cnc2c1.Cl. The van der Waals surface area contributed by atoms with Crippen molar-refractivity contribution in [2.24, 2.45) is 0 Å². The highest BCUT2D eigenvalue weighted by atomic mass is 35.5. The Hall–Kier alpha value is -2.84. The second kappa shape index (κ2) is 7.16. The van der Waals surface area contributed by atoms with Crippen LogP contribution in [-0.4, -0.2) is 12.1 Å². The Labute approximate surface area is 145 Å². The maximum Gasteiger partial charge on any atom is 0.128 e. The fourth-order valence-corrected chi connectivity index (χ4v) is 2.33. The normalized spacial score (nSPS) is 9.92. The van der Waals surface area contributed by atoms with Gasteiger partial charge >= 0.3 is 0 Å². The molecule has 122 valence electrons. The van der Waals surface area contributed by atoms with Crippen molar-refractivity contribution in [1.82, 2.24) is 4.98 Å². The van der Waals surface area contributed by atoms with Crippen molar-refractivity contribution in [3.63, 3.8) is 0 Å². The number of aromatic nitrogens is 1. The van der Waals surface area contributed by atoms with E-state index in [1.807, 2.05) is 6.07 Å². The Balaban J connectivity index is 0.00000208. The largest absolute Gasteiger partial charge is 0.497 e. The molecule has 0 fully saturated rings. The summed E-state index contributed by atoms with van der Waals surface area (Å²) in [6.45, 7) is 1.70. The lowest BCUT2D eigenvalue weighted by atomic mass is 10.1. The van der Waals surface area contributed by atoms with Crippen LogP contribution in [0.3, 0.4) is 0 Å². The first-order chi connectivity index (χ1) is 11.1. The molecule has 0 aliphatic rings. The molecule has 0 spiro atoms. The van der Waals surface area contributed by atoms with E-state index < -0.39 is 0 Å². The number of hydrogen-bond donors (Lipinski definition) is 1. The van der Waals surface area contributed by atoms with Crippen LogP contribution in [0, 0.1) is 24.1 Å². The molecule has 0 saturated heterocycles. The highest BCUT2D eigenvalue weighted by Gasteiger charge is 2.11. The minimum absolute atomic E-state index is 0. The molecule has 1 N–H and O–H groups in total. The smallest absolute Gasteiger partial charge is 0.128 e. The second-order valence-electron chi connectivity index (χ2n) is 5.13. The quantitative estimate of drug-likeness (QED) is 0.747. The molecule has 6 heteroatoms. The summed E-state index contributed by atoms with van der Waals surface area (Å²) >= 11 is 0. The van der Waals surface area contributed by atoms with Crippen LogP contribution in [-0.2, 0) is 0 Å². The lowest BCUT2D eigenvalue weighted by Gasteiger charge is -2.12. The Morgan fingerprint density at radius 3 is 2.67 bits per heavy atom. The molecule has 3 aromatic rings. The van der Waals surface area contributed by atoms with Crippen LogP contribution in [0.1, 0.15) is 11.1 Å². The first-order valence-corrected chi connectivity index (χ1v) is 7.02. The number of nitriles is 1. The number of ether oxygens (including phenoxy) is 1. The Bertz CT molecular complexity index is 937. The summed E-state index contributed by atoms with van der Waals surface area (Å²) < 4.78 is 18.9.